The van der Waals surface area contributed by atoms with Gasteiger partial charge >= 0.3 is 5.97 Å². The Hall–Kier alpha value is -1.89. The van der Waals surface area contributed by atoms with Crippen molar-refractivity contribution >= 4 is 27.4 Å². The Morgan fingerprint density at radius 2 is 1.81 bits per heavy atom. The molecule has 1 aliphatic carbocycles. The van der Waals surface area contributed by atoms with E-state index in [0.29, 0.717) is 19.3 Å². The van der Waals surface area contributed by atoms with Crippen LogP contribution in [0.2, 0.25) is 0 Å². The molecular formula is C14H17NO5S. The van der Waals surface area contributed by atoms with Gasteiger partial charge in [-0.25, -0.2) is 8.42 Å². The largest absolute Gasteiger partial charge is 0.481 e. The maximum Gasteiger partial charge on any atom is 0.307 e. The second-order valence-corrected chi connectivity index (χ2v) is 7.22. The number of rotatable bonds is 4. The van der Waals surface area contributed by atoms with Gasteiger partial charge in [-0.3, -0.25) is 9.59 Å². The summed E-state index contributed by atoms with van der Waals surface area (Å²) in [5.41, 5.74) is 0.195. The molecule has 1 saturated carbocycles. The lowest BCUT2D eigenvalue weighted by atomic mass is 9.95. The van der Waals surface area contributed by atoms with Gasteiger partial charge in [-0.2, -0.15) is 0 Å². The van der Waals surface area contributed by atoms with Gasteiger partial charge in [0.25, 0.3) is 0 Å². The smallest absolute Gasteiger partial charge is 0.307 e. The number of carboxylic acid groups (broad SMARTS) is 1. The zero-order valence-corrected chi connectivity index (χ0v) is 12.4. The molecule has 2 unspecified atom stereocenters. The van der Waals surface area contributed by atoms with Crippen molar-refractivity contribution in [1.82, 2.24) is 0 Å². The molecule has 6 nitrogen and oxygen atoms in total. The first-order valence-electron chi connectivity index (χ1n) is 6.63. The number of para-hydroxylation sites is 1. The molecule has 0 saturated heterocycles. The molecule has 0 aromatic heterocycles. The van der Waals surface area contributed by atoms with E-state index in [2.05, 4.69) is 5.32 Å². The normalized spacial score (nSPS) is 22.0. The van der Waals surface area contributed by atoms with Crippen LogP contribution in [0.5, 0.6) is 0 Å². The molecule has 0 aliphatic heterocycles. The maximum atomic E-state index is 12.2. The third-order valence-corrected chi connectivity index (χ3v) is 4.87. The quantitative estimate of drug-likeness (QED) is 0.878. The number of hydrogen-bond donors (Lipinski definition) is 2. The third kappa shape index (κ3) is 3.41. The minimum atomic E-state index is -3.46. The number of nitrogens with one attached hydrogen (secondary N) is 1. The maximum absolute atomic E-state index is 12.2. The Balaban J connectivity index is 2.23. The topological polar surface area (TPSA) is 101 Å². The van der Waals surface area contributed by atoms with Crippen molar-refractivity contribution in [3.05, 3.63) is 24.3 Å². The van der Waals surface area contributed by atoms with Crippen LogP contribution < -0.4 is 5.32 Å². The first-order chi connectivity index (χ1) is 9.80. The van der Waals surface area contributed by atoms with Crippen molar-refractivity contribution in [3.8, 4) is 0 Å². The number of carbonyl (C=O) groups excluding carboxylic acids is 1. The molecule has 1 fully saturated rings. The van der Waals surface area contributed by atoms with Crippen molar-refractivity contribution in [1.29, 1.82) is 0 Å². The fraction of sp³-hybridized carbons (Fsp3) is 0.429. The average molecular weight is 311 g/mol. The van der Waals surface area contributed by atoms with E-state index < -0.39 is 33.5 Å². The van der Waals surface area contributed by atoms with E-state index in [1.165, 1.54) is 12.1 Å². The summed E-state index contributed by atoms with van der Waals surface area (Å²) in [4.78, 5) is 23.4. The van der Waals surface area contributed by atoms with Crippen LogP contribution in [0.15, 0.2) is 29.2 Å². The molecule has 1 amide bonds. The highest BCUT2D eigenvalue weighted by Crippen LogP contribution is 2.33. The van der Waals surface area contributed by atoms with Crippen LogP contribution in [0.1, 0.15) is 19.3 Å². The standard InChI is InChI=1S/C14H17NO5S/c1-21(19,20)12-8-3-2-7-11(12)15-13(16)9-5-4-6-10(9)14(17)18/h2-3,7-10H,4-6H2,1H3,(H,15,16)(H,17,18). The Morgan fingerprint density at radius 3 is 2.43 bits per heavy atom. The number of benzene rings is 1. The molecule has 1 aromatic rings. The molecule has 0 bridgehead atoms. The number of amides is 1. The molecule has 114 valence electrons. The lowest BCUT2D eigenvalue weighted by Gasteiger charge is -2.16. The fourth-order valence-electron chi connectivity index (χ4n) is 2.69. The van der Waals surface area contributed by atoms with Gasteiger partial charge < -0.3 is 10.4 Å². The monoisotopic (exact) mass is 311 g/mol. The Kier molecular flexibility index (Phi) is 4.32. The number of sulfone groups is 1. The van der Waals surface area contributed by atoms with Crippen molar-refractivity contribution in [3.63, 3.8) is 0 Å². The number of hydrogen-bond acceptors (Lipinski definition) is 4. The highest BCUT2D eigenvalue weighted by atomic mass is 32.2. The summed E-state index contributed by atoms with van der Waals surface area (Å²) in [5.74, 6) is -2.73. The van der Waals surface area contributed by atoms with Crippen LogP contribution >= 0.6 is 0 Å². The third-order valence-electron chi connectivity index (χ3n) is 3.71. The molecule has 0 heterocycles. The first-order valence-corrected chi connectivity index (χ1v) is 8.52. The van der Waals surface area contributed by atoms with Crippen molar-refractivity contribution in [2.24, 2.45) is 11.8 Å². The molecular weight excluding hydrogens is 294 g/mol. The van der Waals surface area contributed by atoms with E-state index >= 15 is 0 Å². The summed E-state index contributed by atoms with van der Waals surface area (Å²) in [5, 5.41) is 11.7. The summed E-state index contributed by atoms with van der Waals surface area (Å²) in [6.07, 6.45) is 2.72. The van der Waals surface area contributed by atoms with E-state index in [4.69, 9.17) is 5.11 Å². The molecule has 1 aromatic carbocycles. The summed E-state index contributed by atoms with van der Waals surface area (Å²) in [6.45, 7) is 0. The lowest BCUT2D eigenvalue weighted by molar-refractivity contribution is -0.145. The molecule has 2 atom stereocenters. The molecule has 2 N–H and O–H groups in total. The lowest BCUT2D eigenvalue weighted by Crippen LogP contribution is -2.30. The summed E-state index contributed by atoms with van der Waals surface area (Å²) >= 11 is 0. The fourth-order valence-corrected chi connectivity index (χ4v) is 3.53. The highest BCUT2D eigenvalue weighted by molar-refractivity contribution is 7.90. The first kappa shape index (κ1) is 15.5. The molecule has 0 spiro atoms. The molecule has 0 radical (unpaired) electrons. The zero-order valence-electron chi connectivity index (χ0n) is 11.6. The highest BCUT2D eigenvalue weighted by Gasteiger charge is 2.38. The van der Waals surface area contributed by atoms with Gasteiger partial charge in [0.15, 0.2) is 9.84 Å². The van der Waals surface area contributed by atoms with Gasteiger partial charge in [-0.1, -0.05) is 18.6 Å². The van der Waals surface area contributed by atoms with Gasteiger partial charge in [0.05, 0.1) is 22.4 Å². The summed E-state index contributed by atoms with van der Waals surface area (Å²) < 4.78 is 23.4. The van der Waals surface area contributed by atoms with Crippen molar-refractivity contribution in [2.45, 2.75) is 24.2 Å². The van der Waals surface area contributed by atoms with Crippen LogP contribution in [-0.2, 0) is 19.4 Å². The van der Waals surface area contributed by atoms with Crippen molar-refractivity contribution < 1.29 is 23.1 Å². The predicted octanol–water partition coefficient (Wildman–Crippen LogP) is 1.53. The molecule has 1 aliphatic rings. The van der Waals surface area contributed by atoms with E-state index in [0.717, 1.165) is 6.26 Å². The minimum absolute atomic E-state index is 0.0308. The van der Waals surface area contributed by atoms with Gasteiger partial charge in [0, 0.05) is 6.26 Å². The van der Waals surface area contributed by atoms with Crippen LogP contribution in [-0.4, -0.2) is 31.7 Å². The van der Waals surface area contributed by atoms with E-state index in [1.807, 2.05) is 0 Å². The Labute approximate surface area is 123 Å². The summed E-state index contributed by atoms with van der Waals surface area (Å²) in [6, 6.07) is 6.10. The second-order valence-electron chi connectivity index (χ2n) is 5.24. The number of carbonyl (C=O) groups is 2. The molecule has 7 heteroatoms. The van der Waals surface area contributed by atoms with E-state index in [-0.39, 0.29) is 10.6 Å². The SMILES string of the molecule is CS(=O)(=O)c1ccccc1NC(=O)C1CCCC1C(=O)O. The molecule has 21 heavy (non-hydrogen) atoms. The second kappa shape index (κ2) is 5.85. The van der Waals surface area contributed by atoms with E-state index in [9.17, 15) is 18.0 Å². The van der Waals surface area contributed by atoms with Crippen LogP contribution in [0.3, 0.4) is 0 Å². The average Bonchev–Trinajstić information content (AvgIpc) is 2.87. The van der Waals surface area contributed by atoms with Crippen LogP contribution in [0.4, 0.5) is 5.69 Å². The van der Waals surface area contributed by atoms with Crippen molar-refractivity contribution in [2.75, 3.05) is 11.6 Å². The predicted molar refractivity (Wildman–Crippen MR) is 76.6 cm³/mol. The van der Waals surface area contributed by atoms with Crippen LogP contribution in [0, 0.1) is 11.8 Å². The number of aliphatic carboxylic acids is 1. The Morgan fingerprint density at radius 1 is 1.19 bits per heavy atom. The summed E-state index contributed by atoms with van der Waals surface area (Å²) in [7, 11) is -3.46. The van der Waals surface area contributed by atoms with Gasteiger partial charge in [0.2, 0.25) is 5.91 Å². The molecule has 2 rings (SSSR count). The number of anilines is 1. The van der Waals surface area contributed by atoms with Gasteiger partial charge in [-0.05, 0) is 25.0 Å². The van der Waals surface area contributed by atoms with Gasteiger partial charge in [-0.15, -0.1) is 0 Å². The Bertz CT molecular complexity index is 668. The number of carboxylic acids is 1. The minimum Gasteiger partial charge on any atom is -0.481 e. The van der Waals surface area contributed by atoms with E-state index in [1.54, 1.807) is 12.1 Å². The van der Waals surface area contributed by atoms with Gasteiger partial charge in [0.1, 0.15) is 0 Å². The van der Waals surface area contributed by atoms with Crippen LogP contribution in [0.25, 0.3) is 0 Å². The zero-order chi connectivity index (χ0) is 15.6.